The number of benzene rings is 3. The smallest absolute Gasteiger partial charge is 0.143 e. The van der Waals surface area contributed by atoms with E-state index >= 15 is 0 Å². The number of anilines is 1. The zero-order valence-corrected chi connectivity index (χ0v) is 15.9. The van der Waals surface area contributed by atoms with Crippen LogP contribution in [0.4, 0.5) is 5.69 Å². The maximum atomic E-state index is 5.90. The standard InChI is InChI=1S/C22H22BrNO/c1-2-25-22-15-20(23)13-14-21(22)24(16-18-9-5-3-6-10-18)17-19-11-7-4-8-12-19/h3-15H,2,16-17H2,1H3. The number of rotatable bonds is 7. The Balaban J connectivity index is 1.95. The first-order valence-corrected chi connectivity index (χ1v) is 9.30. The van der Waals surface area contributed by atoms with E-state index in [1.165, 1.54) is 11.1 Å². The Hall–Kier alpha value is -2.26. The first-order valence-electron chi connectivity index (χ1n) is 8.51. The van der Waals surface area contributed by atoms with Gasteiger partial charge in [-0.1, -0.05) is 76.6 Å². The second-order valence-corrected chi connectivity index (χ2v) is 6.79. The third-order valence-electron chi connectivity index (χ3n) is 3.99. The van der Waals surface area contributed by atoms with Crippen LogP contribution in [0.1, 0.15) is 18.1 Å². The van der Waals surface area contributed by atoms with E-state index in [-0.39, 0.29) is 0 Å². The van der Waals surface area contributed by atoms with Gasteiger partial charge >= 0.3 is 0 Å². The van der Waals surface area contributed by atoms with Gasteiger partial charge in [-0.15, -0.1) is 0 Å². The lowest BCUT2D eigenvalue weighted by Gasteiger charge is -2.27. The van der Waals surface area contributed by atoms with E-state index in [2.05, 4.69) is 93.6 Å². The molecule has 3 aromatic rings. The van der Waals surface area contributed by atoms with Crippen LogP contribution in [0.5, 0.6) is 5.75 Å². The van der Waals surface area contributed by atoms with Crippen molar-refractivity contribution in [3.63, 3.8) is 0 Å². The summed E-state index contributed by atoms with van der Waals surface area (Å²) in [6, 6.07) is 27.3. The average Bonchev–Trinajstić information content (AvgIpc) is 2.63. The van der Waals surface area contributed by atoms with E-state index in [1.807, 2.05) is 13.0 Å². The van der Waals surface area contributed by atoms with Crippen LogP contribution in [0.3, 0.4) is 0 Å². The SMILES string of the molecule is CCOc1cc(Br)ccc1N(Cc1ccccc1)Cc1ccccc1. The molecule has 3 heteroatoms. The fourth-order valence-corrected chi connectivity index (χ4v) is 3.19. The normalized spacial score (nSPS) is 10.5. The van der Waals surface area contributed by atoms with Crippen LogP contribution < -0.4 is 9.64 Å². The molecule has 0 radical (unpaired) electrons. The Morgan fingerprint density at radius 2 is 1.36 bits per heavy atom. The molecule has 2 nitrogen and oxygen atoms in total. The highest BCUT2D eigenvalue weighted by atomic mass is 79.9. The molecule has 0 bridgehead atoms. The Morgan fingerprint density at radius 3 is 1.88 bits per heavy atom. The van der Waals surface area contributed by atoms with Gasteiger partial charge in [0.2, 0.25) is 0 Å². The third-order valence-corrected chi connectivity index (χ3v) is 4.49. The van der Waals surface area contributed by atoms with Gasteiger partial charge in [0.25, 0.3) is 0 Å². The number of halogens is 1. The average molecular weight is 396 g/mol. The van der Waals surface area contributed by atoms with Gasteiger partial charge in [0, 0.05) is 17.6 Å². The quantitative estimate of drug-likeness (QED) is 0.482. The lowest BCUT2D eigenvalue weighted by atomic mass is 10.1. The minimum absolute atomic E-state index is 0.647. The van der Waals surface area contributed by atoms with Crippen molar-refractivity contribution in [3.8, 4) is 5.75 Å². The summed E-state index contributed by atoms with van der Waals surface area (Å²) < 4.78 is 6.93. The van der Waals surface area contributed by atoms with Crippen LogP contribution in [-0.4, -0.2) is 6.61 Å². The molecule has 0 heterocycles. The van der Waals surface area contributed by atoms with Gasteiger partial charge < -0.3 is 9.64 Å². The highest BCUT2D eigenvalue weighted by molar-refractivity contribution is 9.10. The first-order chi connectivity index (χ1) is 12.3. The van der Waals surface area contributed by atoms with Crippen LogP contribution >= 0.6 is 15.9 Å². The number of ether oxygens (including phenoxy) is 1. The molecule has 128 valence electrons. The molecule has 0 saturated heterocycles. The largest absolute Gasteiger partial charge is 0.492 e. The Labute approximate surface area is 158 Å². The topological polar surface area (TPSA) is 12.5 Å². The van der Waals surface area contributed by atoms with Crippen molar-refractivity contribution in [2.45, 2.75) is 20.0 Å². The molecular weight excluding hydrogens is 374 g/mol. The second-order valence-electron chi connectivity index (χ2n) is 5.87. The van der Waals surface area contributed by atoms with Gasteiger partial charge in [-0.05, 0) is 36.2 Å². The minimum atomic E-state index is 0.647. The summed E-state index contributed by atoms with van der Waals surface area (Å²) in [4.78, 5) is 2.36. The summed E-state index contributed by atoms with van der Waals surface area (Å²) in [5, 5.41) is 0. The molecule has 0 amide bonds. The van der Waals surface area contributed by atoms with E-state index in [0.717, 1.165) is 29.0 Å². The molecule has 0 atom stereocenters. The van der Waals surface area contributed by atoms with Crippen molar-refractivity contribution in [2.75, 3.05) is 11.5 Å². The summed E-state index contributed by atoms with van der Waals surface area (Å²) in [7, 11) is 0. The zero-order chi connectivity index (χ0) is 17.5. The van der Waals surface area contributed by atoms with E-state index in [9.17, 15) is 0 Å². The molecule has 3 aromatic carbocycles. The fourth-order valence-electron chi connectivity index (χ4n) is 2.85. The number of nitrogens with zero attached hydrogens (tertiary/aromatic N) is 1. The van der Waals surface area contributed by atoms with Crippen LogP contribution in [0, 0.1) is 0 Å². The fraction of sp³-hybridized carbons (Fsp3) is 0.182. The van der Waals surface area contributed by atoms with E-state index in [0.29, 0.717) is 6.61 Å². The van der Waals surface area contributed by atoms with E-state index in [1.54, 1.807) is 0 Å². The van der Waals surface area contributed by atoms with Gasteiger partial charge in [0.1, 0.15) is 5.75 Å². The van der Waals surface area contributed by atoms with Crippen molar-refractivity contribution in [1.29, 1.82) is 0 Å². The third kappa shape index (κ3) is 4.86. The molecule has 0 aromatic heterocycles. The van der Waals surface area contributed by atoms with Gasteiger partial charge in [-0.2, -0.15) is 0 Å². The van der Waals surface area contributed by atoms with Crippen molar-refractivity contribution in [3.05, 3.63) is 94.5 Å². The van der Waals surface area contributed by atoms with Crippen molar-refractivity contribution in [2.24, 2.45) is 0 Å². The molecule has 0 aliphatic rings. The summed E-state index contributed by atoms with van der Waals surface area (Å²) in [5.41, 5.74) is 3.67. The first kappa shape index (κ1) is 17.6. The van der Waals surface area contributed by atoms with Gasteiger partial charge in [0.15, 0.2) is 0 Å². The summed E-state index contributed by atoms with van der Waals surface area (Å²) in [5.74, 6) is 0.906. The van der Waals surface area contributed by atoms with Crippen molar-refractivity contribution in [1.82, 2.24) is 0 Å². The molecule has 25 heavy (non-hydrogen) atoms. The summed E-state index contributed by atoms with van der Waals surface area (Å²) >= 11 is 3.55. The molecule has 0 unspecified atom stereocenters. The van der Waals surface area contributed by atoms with Gasteiger partial charge in [-0.3, -0.25) is 0 Å². The van der Waals surface area contributed by atoms with E-state index < -0.39 is 0 Å². The molecule has 3 rings (SSSR count). The molecule has 0 spiro atoms. The minimum Gasteiger partial charge on any atom is -0.492 e. The Kier molecular flexibility index (Phi) is 6.13. The molecular formula is C22H22BrNO. The highest BCUT2D eigenvalue weighted by Gasteiger charge is 2.14. The maximum absolute atomic E-state index is 5.90. The second kappa shape index (κ2) is 8.72. The van der Waals surface area contributed by atoms with Crippen LogP contribution in [-0.2, 0) is 13.1 Å². The lowest BCUT2D eigenvalue weighted by Crippen LogP contribution is -2.22. The summed E-state index contributed by atoms with van der Waals surface area (Å²) in [6.07, 6.45) is 0. The highest BCUT2D eigenvalue weighted by Crippen LogP contribution is 2.33. The Bertz CT molecular complexity index is 748. The zero-order valence-electron chi connectivity index (χ0n) is 14.4. The number of hydrogen-bond donors (Lipinski definition) is 0. The van der Waals surface area contributed by atoms with Gasteiger partial charge in [-0.25, -0.2) is 0 Å². The van der Waals surface area contributed by atoms with Crippen molar-refractivity contribution < 1.29 is 4.74 Å². The maximum Gasteiger partial charge on any atom is 0.143 e. The van der Waals surface area contributed by atoms with Crippen LogP contribution in [0.2, 0.25) is 0 Å². The van der Waals surface area contributed by atoms with Crippen molar-refractivity contribution >= 4 is 21.6 Å². The summed E-state index contributed by atoms with van der Waals surface area (Å²) in [6.45, 7) is 4.33. The van der Waals surface area contributed by atoms with Gasteiger partial charge in [0.05, 0.1) is 12.3 Å². The lowest BCUT2D eigenvalue weighted by molar-refractivity contribution is 0.340. The molecule has 0 aliphatic carbocycles. The predicted molar refractivity (Wildman–Crippen MR) is 108 cm³/mol. The van der Waals surface area contributed by atoms with Crippen LogP contribution in [0.25, 0.3) is 0 Å². The molecule has 0 aliphatic heterocycles. The molecule has 0 fully saturated rings. The monoisotopic (exact) mass is 395 g/mol. The number of hydrogen-bond acceptors (Lipinski definition) is 2. The molecule has 0 saturated carbocycles. The Morgan fingerprint density at radius 1 is 0.800 bits per heavy atom. The van der Waals surface area contributed by atoms with Crippen LogP contribution in [0.15, 0.2) is 83.3 Å². The van der Waals surface area contributed by atoms with E-state index in [4.69, 9.17) is 4.74 Å². The molecule has 0 N–H and O–H groups in total. The predicted octanol–water partition coefficient (Wildman–Crippen LogP) is 6.05.